The highest BCUT2D eigenvalue weighted by atomic mass is 79.9. The summed E-state index contributed by atoms with van der Waals surface area (Å²) in [4.78, 5) is 3.05. The minimum absolute atomic E-state index is 0.246. The quantitative estimate of drug-likeness (QED) is 0.234. The first-order valence-corrected chi connectivity index (χ1v) is 16.8. The third-order valence-corrected chi connectivity index (χ3v) is 10.0. The van der Waals surface area contributed by atoms with E-state index in [1.165, 1.54) is 0 Å². The zero-order valence-corrected chi connectivity index (χ0v) is 24.5. The molecule has 0 fully saturated rings. The van der Waals surface area contributed by atoms with Gasteiger partial charge in [0.15, 0.2) is 6.54 Å². The van der Waals surface area contributed by atoms with Gasteiger partial charge in [-0.05, 0) is 36.8 Å². The maximum atomic E-state index is 11.3. The number of aryl methyl sites for hydroxylation is 1. The fourth-order valence-electron chi connectivity index (χ4n) is 3.74. The van der Waals surface area contributed by atoms with Crippen molar-refractivity contribution in [1.82, 2.24) is 0 Å². The van der Waals surface area contributed by atoms with Crippen LogP contribution < -0.4 is 9.47 Å². The number of anilines is 1. The zero-order valence-electron chi connectivity index (χ0n) is 18.1. The van der Waals surface area contributed by atoms with E-state index in [0.29, 0.717) is 13.1 Å². The van der Waals surface area contributed by atoms with E-state index >= 15 is 0 Å². The van der Waals surface area contributed by atoms with E-state index in [-0.39, 0.29) is 24.3 Å². The minimum Gasteiger partial charge on any atom is -0.335 e. The molecule has 0 amide bonds. The van der Waals surface area contributed by atoms with Gasteiger partial charge in [0.2, 0.25) is 5.52 Å². The van der Waals surface area contributed by atoms with Crippen LogP contribution in [0, 0.1) is 0 Å². The normalized spacial score (nSPS) is 15.3. The molecule has 1 aliphatic heterocycles. The molecule has 2 aromatic carbocycles. The summed E-state index contributed by atoms with van der Waals surface area (Å²) < 4.78 is 68.2. The summed E-state index contributed by atoms with van der Waals surface area (Å²) in [6.07, 6.45) is 2.50. The molecule has 2 heterocycles. The molecule has 0 radical (unpaired) electrons. The smallest absolute Gasteiger partial charge is 0.265 e. The van der Waals surface area contributed by atoms with Crippen LogP contribution in [0.4, 0.5) is 5.69 Å². The highest BCUT2D eigenvalue weighted by Gasteiger charge is 2.28. The molecule has 188 valence electrons. The summed E-state index contributed by atoms with van der Waals surface area (Å²) >= 11 is 10.1. The van der Waals surface area contributed by atoms with Gasteiger partial charge in [-0.2, -0.15) is 21.4 Å². The van der Waals surface area contributed by atoms with Crippen LogP contribution in [-0.2, 0) is 26.8 Å². The number of nitrogens with zero attached hydrogens (tertiary/aromatic N) is 2. The van der Waals surface area contributed by atoms with Gasteiger partial charge in [0.05, 0.1) is 28.3 Å². The van der Waals surface area contributed by atoms with Crippen LogP contribution in [0.3, 0.4) is 0 Å². The lowest BCUT2D eigenvalue weighted by molar-refractivity contribution is -0.668. The van der Waals surface area contributed by atoms with Gasteiger partial charge in [0.1, 0.15) is 4.70 Å². The molecule has 1 aliphatic rings. The van der Waals surface area contributed by atoms with Crippen LogP contribution >= 0.6 is 55.0 Å². The first-order valence-electron chi connectivity index (χ1n) is 10.4. The number of benzene rings is 2. The number of thiazole rings is 1. The predicted molar refractivity (Wildman–Crippen MR) is 147 cm³/mol. The number of fused-ring (bicyclic) bond motifs is 2. The number of halogens is 2. The Hall–Kier alpha value is -1.00. The molecule has 0 aliphatic carbocycles. The van der Waals surface area contributed by atoms with Crippen molar-refractivity contribution in [2.24, 2.45) is 0 Å². The van der Waals surface area contributed by atoms with E-state index in [1.54, 1.807) is 23.1 Å². The number of hydrogen-bond donors (Lipinski definition) is 2. The topological polar surface area (TPSA) is 116 Å². The monoisotopic (exact) mass is 683 g/mol. The Morgan fingerprint density at radius 3 is 2.31 bits per heavy atom. The summed E-state index contributed by atoms with van der Waals surface area (Å²) in [6, 6.07) is 11.8. The average molecular weight is 685 g/mol. The molecule has 0 spiro atoms. The Kier molecular flexibility index (Phi) is 8.33. The van der Waals surface area contributed by atoms with E-state index in [0.717, 1.165) is 39.8 Å². The summed E-state index contributed by atoms with van der Waals surface area (Å²) in [5, 5.41) is 1.78. The lowest BCUT2D eigenvalue weighted by Crippen LogP contribution is -2.36. The summed E-state index contributed by atoms with van der Waals surface area (Å²) in [6.45, 7) is 0.780. The Bertz CT molecular complexity index is 1520. The van der Waals surface area contributed by atoms with Gasteiger partial charge < -0.3 is 4.90 Å². The average Bonchev–Trinajstić information content (AvgIpc) is 3.24. The van der Waals surface area contributed by atoms with Crippen LogP contribution in [0.5, 0.6) is 0 Å². The second kappa shape index (κ2) is 10.8. The van der Waals surface area contributed by atoms with E-state index in [1.807, 2.05) is 51.9 Å². The fraction of sp³-hybridized carbons (Fsp3) is 0.286. The fourth-order valence-corrected chi connectivity index (χ4v) is 7.71. The third kappa shape index (κ3) is 7.06. The molecule has 8 nitrogen and oxygen atoms in total. The first kappa shape index (κ1) is 27.0. The number of aromatic nitrogens is 1. The third-order valence-electron chi connectivity index (χ3n) is 5.20. The molecular weight excluding hydrogens is 664 g/mol. The SMILES string of the molecule is O=S(=O)(O)CCCN1C(=Cc2sc3ccc(Br)cc3[n+]2CCCS(=O)(=O)O)Sc2ccc(Br)cc21. The molecule has 35 heavy (non-hydrogen) atoms. The van der Waals surface area contributed by atoms with Crippen molar-refractivity contribution in [2.45, 2.75) is 24.3 Å². The Labute approximate surface area is 228 Å². The van der Waals surface area contributed by atoms with Crippen molar-refractivity contribution in [3.05, 3.63) is 55.4 Å². The van der Waals surface area contributed by atoms with Crippen LogP contribution in [0.25, 0.3) is 16.3 Å². The second-order valence-corrected chi connectivity index (χ2v) is 14.9. The highest BCUT2D eigenvalue weighted by Crippen LogP contribution is 2.48. The van der Waals surface area contributed by atoms with Crippen LogP contribution in [0.15, 0.2) is 55.3 Å². The molecule has 2 N–H and O–H groups in total. The van der Waals surface area contributed by atoms with Gasteiger partial charge in [-0.15, -0.1) is 0 Å². The van der Waals surface area contributed by atoms with Crippen molar-refractivity contribution in [1.29, 1.82) is 0 Å². The summed E-state index contributed by atoms with van der Waals surface area (Å²) in [7, 11) is -8.13. The lowest BCUT2D eigenvalue weighted by Gasteiger charge is -2.20. The molecule has 0 atom stereocenters. The highest BCUT2D eigenvalue weighted by molar-refractivity contribution is 9.10. The maximum Gasteiger partial charge on any atom is 0.265 e. The van der Waals surface area contributed by atoms with Crippen molar-refractivity contribution in [3.8, 4) is 0 Å². The van der Waals surface area contributed by atoms with Crippen LogP contribution in [-0.4, -0.2) is 44.0 Å². The Morgan fingerprint density at radius 1 is 0.943 bits per heavy atom. The van der Waals surface area contributed by atoms with Crippen molar-refractivity contribution >= 4 is 97.2 Å². The minimum atomic E-state index is -4.07. The molecule has 0 saturated heterocycles. The molecule has 0 saturated carbocycles. The predicted octanol–water partition coefficient (Wildman–Crippen LogP) is 5.18. The first-order chi connectivity index (χ1) is 16.4. The Balaban J connectivity index is 1.73. The molecule has 4 rings (SSSR count). The van der Waals surface area contributed by atoms with Crippen molar-refractivity contribution < 1.29 is 30.5 Å². The summed E-state index contributed by atoms with van der Waals surface area (Å²) in [5.74, 6) is -0.672. The maximum absolute atomic E-state index is 11.3. The molecule has 1 aromatic heterocycles. The molecule has 14 heteroatoms. The largest absolute Gasteiger partial charge is 0.335 e. The van der Waals surface area contributed by atoms with Gasteiger partial charge in [-0.3, -0.25) is 9.11 Å². The van der Waals surface area contributed by atoms with E-state index in [2.05, 4.69) is 31.9 Å². The second-order valence-electron chi connectivity index (χ2n) is 7.83. The van der Waals surface area contributed by atoms with Crippen molar-refractivity contribution in [3.63, 3.8) is 0 Å². The lowest BCUT2D eigenvalue weighted by atomic mass is 10.3. The van der Waals surface area contributed by atoms with Crippen LogP contribution in [0.2, 0.25) is 0 Å². The zero-order chi connectivity index (χ0) is 25.4. The molecular formula is C21H21Br2N2O6S4+. The van der Waals surface area contributed by atoms with E-state index in [4.69, 9.17) is 0 Å². The molecule has 0 unspecified atom stereocenters. The van der Waals surface area contributed by atoms with E-state index in [9.17, 15) is 25.9 Å². The van der Waals surface area contributed by atoms with Gasteiger partial charge in [0, 0.05) is 32.9 Å². The number of hydrogen-bond acceptors (Lipinski definition) is 7. The standard InChI is InChI=1S/C21H20Br2N2O6S4/c22-14-3-5-18-16(11-14)24(7-1-9-34(26,27)28)20(32-18)13-21-25(8-2-10-35(29,30)31)17-12-15(23)4-6-19(17)33-21/h3-6,11-13H,1-2,7-10H2,(H-,26,27,28,29,30,31)/p+1. The van der Waals surface area contributed by atoms with Crippen molar-refractivity contribution in [2.75, 3.05) is 23.0 Å². The van der Waals surface area contributed by atoms with Crippen LogP contribution in [0.1, 0.15) is 17.8 Å². The molecule has 3 aromatic rings. The Morgan fingerprint density at radius 2 is 1.60 bits per heavy atom. The number of rotatable bonds is 9. The van der Waals surface area contributed by atoms with Gasteiger partial charge in [0.25, 0.3) is 25.2 Å². The number of thioether (sulfide) groups is 1. The van der Waals surface area contributed by atoms with Gasteiger partial charge in [-0.25, -0.2) is 0 Å². The van der Waals surface area contributed by atoms with Gasteiger partial charge in [-0.1, -0.05) is 55.0 Å². The summed E-state index contributed by atoms with van der Waals surface area (Å²) in [5.41, 5.74) is 1.88. The molecule has 0 bridgehead atoms. The van der Waals surface area contributed by atoms with Gasteiger partial charge >= 0.3 is 0 Å². The van der Waals surface area contributed by atoms with E-state index < -0.39 is 20.2 Å².